The maximum absolute atomic E-state index is 12.6. The molecule has 9 heteroatoms. The van der Waals surface area contributed by atoms with Crippen LogP contribution in [0.3, 0.4) is 0 Å². The molecule has 15 heavy (non-hydrogen) atoms. The lowest BCUT2D eigenvalue weighted by atomic mass is 11.0. The van der Waals surface area contributed by atoms with E-state index in [4.69, 9.17) is 11.5 Å². The molecule has 0 fully saturated rings. The Kier molecular flexibility index (Phi) is 3.03. The van der Waals surface area contributed by atoms with Crippen molar-refractivity contribution in [3.05, 3.63) is 0 Å². The average molecular weight is 233 g/mol. The van der Waals surface area contributed by atoms with Crippen LogP contribution in [0.25, 0.3) is 0 Å². The molecule has 1 aromatic heterocycles. The first kappa shape index (κ1) is 12.0. The van der Waals surface area contributed by atoms with Crippen LogP contribution in [0.1, 0.15) is 0 Å². The minimum atomic E-state index is -3.03. The molecule has 0 aliphatic rings. The molecule has 0 saturated carbocycles. The van der Waals surface area contributed by atoms with Gasteiger partial charge in [0.2, 0.25) is 11.9 Å². The summed E-state index contributed by atoms with van der Waals surface area (Å²) in [6, 6.07) is 0. The van der Waals surface area contributed by atoms with E-state index >= 15 is 0 Å². The van der Waals surface area contributed by atoms with E-state index in [0.29, 0.717) is 0 Å². The minimum absolute atomic E-state index is 0.0106. The van der Waals surface area contributed by atoms with Gasteiger partial charge < -0.3 is 11.5 Å². The Bertz CT molecular complexity index is 386. The fourth-order valence-electron chi connectivity index (χ4n) is 1.22. The lowest BCUT2D eigenvalue weighted by Gasteiger charge is -2.29. The average Bonchev–Trinajstić information content (AvgIpc) is 2.43. The maximum Gasteiger partial charge on any atom is 0.332 e. The molecule has 0 amide bonds. The SMILES string of the molecule is CN(C)P(=O)(N(C)C)n1nc(N)nc1N. The van der Waals surface area contributed by atoms with E-state index in [9.17, 15) is 4.57 Å². The van der Waals surface area contributed by atoms with Crippen molar-refractivity contribution in [1.82, 2.24) is 23.9 Å². The van der Waals surface area contributed by atoms with Gasteiger partial charge in [0.05, 0.1) is 0 Å². The Balaban J connectivity index is 3.34. The predicted octanol–water partition coefficient (Wildman–Crippen LogP) is -0.478. The standard InChI is InChI=1S/C6H16N7OP/c1-11(2)15(14,12(3)4)13-6(8)9-5(7)10-13/h1-4H3,(H4,7,8,9,10). The van der Waals surface area contributed by atoms with Crippen molar-refractivity contribution < 1.29 is 4.57 Å². The molecule has 1 heterocycles. The van der Waals surface area contributed by atoms with Crippen molar-refractivity contribution in [3.63, 3.8) is 0 Å². The monoisotopic (exact) mass is 233 g/mol. The van der Waals surface area contributed by atoms with E-state index in [1.165, 1.54) is 9.34 Å². The normalized spacial score (nSPS) is 12.7. The predicted molar refractivity (Wildman–Crippen MR) is 59.2 cm³/mol. The maximum atomic E-state index is 12.6. The number of rotatable bonds is 3. The fourth-order valence-corrected chi connectivity index (χ4v) is 3.13. The molecule has 1 rings (SSSR count). The molecule has 0 unspecified atom stereocenters. The highest BCUT2D eigenvalue weighted by Crippen LogP contribution is 2.51. The van der Waals surface area contributed by atoms with Crippen molar-refractivity contribution in [2.24, 2.45) is 0 Å². The van der Waals surface area contributed by atoms with E-state index in [-0.39, 0.29) is 11.9 Å². The number of nitrogens with two attached hydrogens (primary N) is 2. The topological polar surface area (TPSA) is 106 Å². The molecule has 0 atom stereocenters. The summed E-state index contributed by atoms with van der Waals surface area (Å²) >= 11 is 0. The molecule has 0 saturated heterocycles. The van der Waals surface area contributed by atoms with Crippen LogP contribution in [0, 0.1) is 0 Å². The number of nitrogen functional groups attached to an aromatic ring is 2. The fraction of sp³-hybridized carbons (Fsp3) is 0.667. The summed E-state index contributed by atoms with van der Waals surface area (Å²) in [5.74, 6) is 0.0506. The molecule has 86 valence electrons. The van der Waals surface area contributed by atoms with Crippen molar-refractivity contribution in [1.29, 1.82) is 0 Å². The van der Waals surface area contributed by atoms with Crippen molar-refractivity contribution >= 4 is 19.5 Å². The van der Waals surface area contributed by atoms with E-state index in [0.717, 1.165) is 4.45 Å². The van der Waals surface area contributed by atoms with Gasteiger partial charge in [0.25, 0.3) is 0 Å². The zero-order chi connectivity index (χ0) is 11.8. The highest BCUT2D eigenvalue weighted by molar-refractivity contribution is 7.57. The van der Waals surface area contributed by atoms with Gasteiger partial charge in [-0.2, -0.15) is 4.98 Å². The van der Waals surface area contributed by atoms with Crippen molar-refractivity contribution in [2.75, 3.05) is 39.7 Å². The van der Waals surface area contributed by atoms with Crippen LogP contribution < -0.4 is 11.5 Å². The first-order valence-electron chi connectivity index (χ1n) is 4.24. The lowest BCUT2D eigenvalue weighted by molar-refractivity contribution is 0.431. The molecule has 1 aromatic rings. The Morgan fingerprint density at radius 2 is 1.67 bits per heavy atom. The summed E-state index contributed by atoms with van der Waals surface area (Å²) in [7, 11) is 3.69. The van der Waals surface area contributed by atoms with Gasteiger partial charge in [0.15, 0.2) is 0 Å². The van der Waals surface area contributed by atoms with Gasteiger partial charge in [-0.25, -0.2) is 9.34 Å². The molecule has 8 nitrogen and oxygen atoms in total. The van der Waals surface area contributed by atoms with Gasteiger partial charge in [-0.15, -0.1) is 9.55 Å². The van der Waals surface area contributed by atoms with Crippen LogP contribution >= 0.6 is 7.59 Å². The van der Waals surface area contributed by atoms with Crippen LogP contribution in [0.4, 0.5) is 11.9 Å². The second-order valence-electron chi connectivity index (χ2n) is 3.43. The van der Waals surface area contributed by atoms with E-state index < -0.39 is 7.59 Å². The van der Waals surface area contributed by atoms with E-state index in [2.05, 4.69) is 10.1 Å². The van der Waals surface area contributed by atoms with Crippen LogP contribution in [0.5, 0.6) is 0 Å². The molecular weight excluding hydrogens is 217 g/mol. The van der Waals surface area contributed by atoms with Crippen LogP contribution in [-0.4, -0.2) is 52.1 Å². The Labute approximate surface area is 88.4 Å². The Hall–Kier alpha value is -1.11. The van der Waals surface area contributed by atoms with Crippen LogP contribution in [0.15, 0.2) is 0 Å². The third kappa shape index (κ3) is 1.83. The molecule has 0 aliphatic carbocycles. The zero-order valence-electron chi connectivity index (χ0n) is 9.25. The molecule has 0 radical (unpaired) electrons. The number of aromatic nitrogens is 3. The Morgan fingerprint density at radius 3 is 1.93 bits per heavy atom. The molecule has 0 aliphatic heterocycles. The first-order chi connectivity index (χ1) is 6.80. The number of anilines is 2. The smallest absolute Gasteiger partial charge is 0.332 e. The Morgan fingerprint density at radius 1 is 1.20 bits per heavy atom. The van der Waals surface area contributed by atoms with Gasteiger partial charge in [0, 0.05) is 0 Å². The second kappa shape index (κ2) is 3.80. The van der Waals surface area contributed by atoms with Crippen molar-refractivity contribution in [2.45, 2.75) is 0 Å². The van der Waals surface area contributed by atoms with Gasteiger partial charge in [-0.3, -0.25) is 4.57 Å². The second-order valence-corrected chi connectivity index (χ2v) is 6.43. The quantitative estimate of drug-likeness (QED) is 0.679. The summed E-state index contributed by atoms with van der Waals surface area (Å²) in [5, 5.41) is 3.84. The highest BCUT2D eigenvalue weighted by atomic mass is 31.2. The lowest BCUT2D eigenvalue weighted by Crippen LogP contribution is -2.27. The molecule has 0 aromatic carbocycles. The van der Waals surface area contributed by atoms with Crippen LogP contribution in [0.2, 0.25) is 0 Å². The summed E-state index contributed by atoms with van der Waals surface area (Å²) in [6.07, 6.45) is 0. The molecular formula is C6H16N7OP. The summed E-state index contributed by atoms with van der Waals surface area (Å²) in [6.45, 7) is 0. The van der Waals surface area contributed by atoms with Crippen LogP contribution in [-0.2, 0) is 4.57 Å². The summed E-state index contributed by atoms with van der Waals surface area (Å²) < 4.78 is 16.9. The van der Waals surface area contributed by atoms with E-state index in [1.54, 1.807) is 28.2 Å². The zero-order valence-corrected chi connectivity index (χ0v) is 10.1. The highest BCUT2D eigenvalue weighted by Gasteiger charge is 2.34. The first-order valence-corrected chi connectivity index (χ1v) is 5.81. The molecule has 0 bridgehead atoms. The van der Waals surface area contributed by atoms with Gasteiger partial charge in [-0.05, 0) is 28.2 Å². The largest absolute Gasteiger partial charge is 0.368 e. The van der Waals surface area contributed by atoms with Gasteiger partial charge in [0.1, 0.15) is 0 Å². The molecule has 0 spiro atoms. The van der Waals surface area contributed by atoms with Gasteiger partial charge in [-0.1, -0.05) is 0 Å². The third-order valence-corrected chi connectivity index (χ3v) is 4.79. The summed E-state index contributed by atoms with van der Waals surface area (Å²) in [5.41, 5.74) is 11.0. The van der Waals surface area contributed by atoms with Crippen molar-refractivity contribution in [3.8, 4) is 0 Å². The summed E-state index contributed by atoms with van der Waals surface area (Å²) in [4.78, 5) is 3.72. The van der Waals surface area contributed by atoms with E-state index in [1.807, 2.05) is 0 Å². The molecule has 4 N–H and O–H groups in total. The number of nitrogens with zero attached hydrogens (tertiary/aromatic N) is 5. The number of hydrogen-bond donors (Lipinski definition) is 2. The minimum Gasteiger partial charge on any atom is -0.368 e. The number of hydrogen-bond acceptors (Lipinski definition) is 5. The third-order valence-electron chi connectivity index (χ3n) is 1.92. The van der Waals surface area contributed by atoms with Gasteiger partial charge >= 0.3 is 7.59 Å².